The van der Waals surface area contributed by atoms with Crippen molar-refractivity contribution in [3.8, 4) is 0 Å². The highest BCUT2D eigenvalue weighted by atomic mass is 32.2. The van der Waals surface area contributed by atoms with Gasteiger partial charge < -0.3 is 0 Å². The van der Waals surface area contributed by atoms with Crippen molar-refractivity contribution in [2.75, 3.05) is 4.72 Å². The largest absolute Gasteiger partial charge is 0.300 e. The fourth-order valence-corrected chi connectivity index (χ4v) is 2.11. The molecular formula is C7H5NO3S. The molecule has 0 aliphatic carbocycles. The van der Waals surface area contributed by atoms with Gasteiger partial charge in [0.1, 0.15) is 0 Å². The Morgan fingerprint density at radius 3 is 2.50 bits per heavy atom. The zero-order valence-corrected chi connectivity index (χ0v) is 6.76. The number of sulfonamides is 1. The van der Waals surface area contributed by atoms with E-state index in [1.807, 2.05) is 0 Å². The number of nitrogens with one attached hydrogen (secondary N) is 1. The van der Waals surface area contributed by atoms with E-state index < -0.39 is 15.1 Å². The van der Waals surface area contributed by atoms with Crippen LogP contribution in [0.4, 0.5) is 5.69 Å². The minimum Gasteiger partial charge on any atom is -0.276 e. The third-order valence-electron chi connectivity index (χ3n) is 1.64. The van der Waals surface area contributed by atoms with Crippen molar-refractivity contribution in [1.29, 1.82) is 0 Å². The molecular weight excluding hydrogens is 178 g/mol. The van der Waals surface area contributed by atoms with Crippen molar-refractivity contribution in [3.05, 3.63) is 29.8 Å². The Kier molecular flexibility index (Phi) is 1.26. The fourth-order valence-electron chi connectivity index (χ4n) is 1.09. The molecule has 0 spiro atoms. The molecule has 0 unspecified atom stereocenters. The normalized spacial score (nSPS) is 18.5. The van der Waals surface area contributed by atoms with Crippen molar-refractivity contribution in [2.45, 2.75) is 0 Å². The number of carbonyl (C=O) groups excluding carboxylic acids is 1. The van der Waals surface area contributed by atoms with E-state index in [-0.39, 0.29) is 5.56 Å². The summed E-state index contributed by atoms with van der Waals surface area (Å²) in [6, 6.07) is 6.33. The zero-order valence-electron chi connectivity index (χ0n) is 5.94. The first-order valence-corrected chi connectivity index (χ1v) is 4.76. The number of para-hydroxylation sites is 1. The highest BCUT2D eigenvalue weighted by Gasteiger charge is 2.33. The van der Waals surface area contributed by atoms with Crippen molar-refractivity contribution >= 4 is 20.8 Å². The van der Waals surface area contributed by atoms with E-state index in [1.165, 1.54) is 6.07 Å². The Labute approximate surface area is 69.3 Å². The van der Waals surface area contributed by atoms with Crippen LogP contribution >= 0.6 is 0 Å². The van der Waals surface area contributed by atoms with Gasteiger partial charge in [-0.1, -0.05) is 12.1 Å². The smallest absolute Gasteiger partial charge is 0.276 e. The maximum atomic E-state index is 11.1. The van der Waals surface area contributed by atoms with Crippen LogP contribution in [0.2, 0.25) is 0 Å². The predicted octanol–water partition coefficient (Wildman–Crippen LogP) is 0.582. The Bertz CT molecular complexity index is 449. The second-order valence-corrected chi connectivity index (χ2v) is 4.02. The quantitative estimate of drug-likeness (QED) is 0.640. The number of carbonyl (C=O) groups is 1. The molecule has 1 heterocycles. The van der Waals surface area contributed by atoms with Gasteiger partial charge >= 0.3 is 10.0 Å². The third-order valence-corrected chi connectivity index (χ3v) is 2.83. The molecule has 1 aromatic carbocycles. The molecule has 1 aliphatic rings. The van der Waals surface area contributed by atoms with Crippen LogP contribution in [0.5, 0.6) is 0 Å². The van der Waals surface area contributed by atoms with Crippen molar-refractivity contribution in [1.82, 2.24) is 0 Å². The van der Waals surface area contributed by atoms with Gasteiger partial charge in [0.25, 0.3) is 5.12 Å². The van der Waals surface area contributed by atoms with Crippen LogP contribution < -0.4 is 4.72 Å². The van der Waals surface area contributed by atoms with Gasteiger partial charge in [-0.2, -0.15) is 8.42 Å². The van der Waals surface area contributed by atoms with Crippen LogP contribution in [-0.4, -0.2) is 13.5 Å². The summed E-state index contributed by atoms with van der Waals surface area (Å²) in [6.07, 6.45) is 0. The van der Waals surface area contributed by atoms with Gasteiger partial charge in [-0.15, -0.1) is 0 Å². The minimum absolute atomic E-state index is 0.220. The molecule has 0 radical (unpaired) electrons. The van der Waals surface area contributed by atoms with E-state index in [0.29, 0.717) is 5.69 Å². The minimum atomic E-state index is -3.77. The van der Waals surface area contributed by atoms with Gasteiger partial charge in [0, 0.05) is 0 Å². The number of rotatable bonds is 0. The van der Waals surface area contributed by atoms with Crippen molar-refractivity contribution < 1.29 is 13.2 Å². The molecule has 0 bridgehead atoms. The van der Waals surface area contributed by atoms with Gasteiger partial charge in [0.2, 0.25) is 0 Å². The molecule has 1 aromatic rings. The first-order chi connectivity index (χ1) is 5.61. The molecule has 0 saturated heterocycles. The maximum Gasteiger partial charge on any atom is 0.300 e. The highest BCUT2D eigenvalue weighted by molar-refractivity contribution is 8.08. The fraction of sp³-hybridized carbons (Fsp3) is 0. The van der Waals surface area contributed by atoms with Gasteiger partial charge in [0.05, 0.1) is 11.3 Å². The van der Waals surface area contributed by atoms with E-state index in [2.05, 4.69) is 4.72 Å². The second kappa shape index (κ2) is 2.07. The Balaban J connectivity index is 2.73. The topological polar surface area (TPSA) is 63.2 Å². The molecule has 2 rings (SSSR count). The molecule has 5 heteroatoms. The average Bonchev–Trinajstić information content (AvgIpc) is 2.24. The summed E-state index contributed by atoms with van der Waals surface area (Å²) in [4.78, 5) is 11.1. The van der Waals surface area contributed by atoms with E-state index in [4.69, 9.17) is 0 Å². The molecule has 1 aliphatic heterocycles. The molecule has 0 aromatic heterocycles. The lowest BCUT2D eigenvalue weighted by Crippen LogP contribution is -2.13. The lowest BCUT2D eigenvalue weighted by molar-refractivity contribution is 0.108. The summed E-state index contributed by atoms with van der Waals surface area (Å²) in [5.74, 6) is 0. The summed E-state index contributed by atoms with van der Waals surface area (Å²) < 4.78 is 24.1. The second-order valence-electron chi connectivity index (χ2n) is 2.44. The summed E-state index contributed by atoms with van der Waals surface area (Å²) in [5.41, 5.74) is 0.583. The Morgan fingerprint density at radius 2 is 1.83 bits per heavy atom. The van der Waals surface area contributed by atoms with E-state index >= 15 is 0 Å². The standard InChI is InChI=1S/C7H5NO3S/c9-7-5-3-1-2-4-6(5)8-12(7,10)11/h1-4,8H. The monoisotopic (exact) mass is 183 g/mol. The molecule has 1 N–H and O–H groups in total. The summed E-state index contributed by atoms with van der Waals surface area (Å²) in [5, 5.41) is -0.849. The highest BCUT2D eigenvalue weighted by Crippen LogP contribution is 2.25. The number of fused-ring (bicyclic) bond motifs is 1. The number of hydrogen-bond donors (Lipinski definition) is 1. The van der Waals surface area contributed by atoms with Crippen molar-refractivity contribution in [3.63, 3.8) is 0 Å². The zero-order chi connectivity index (χ0) is 8.77. The first-order valence-electron chi connectivity index (χ1n) is 3.27. The van der Waals surface area contributed by atoms with Gasteiger partial charge in [-0.3, -0.25) is 9.52 Å². The predicted molar refractivity (Wildman–Crippen MR) is 43.3 cm³/mol. The molecule has 0 saturated carbocycles. The summed E-state index contributed by atoms with van der Waals surface area (Å²) in [6.45, 7) is 0. The van der Waals surface area contributed by atoms with Gasteiger partial charge in [0.15, 0.2) is 0 Å². The van der Waals surface area contributed by atoms with E-state index in [0.717, 1.165) is 0 Å². The Morgan fingerprint density at radius 1 is 1.17 bits per heavy atom. The van der Waals surface area contributed by atoms with Crippen LogP contribution in [-0.2, 0) is 10.0 Å². The van der Waals surface area contributed by atoms with Crippen LogP contribution in [0.25, 0.3) is 0 Å². The van der Waals surface area contributed by atoms with Gasteiger partial charge in [-0.05, 0) is 12.1 Å². The van der Waals surface area contributed by atoms with E-state index in [1.54, 1.807) is 18.2 Å². The molecule has 0 amide bonds. The molecule has 62 valence electrons. The number of anilines is 1. The summed E-state index contributed by atoms with van der Waals surface area (Å²) in [7, 11) is -3.77. The van der Waals surface area contributed by atoms with Crippen molar-refractivity contribution in [2.24, 2.45) is 0 Å². The van der Waals surface area contributed by atoms with Crippen LogP contribution in [0.15, 0.2) is 24.3 Å². The molecule has 0 fully saturated rings. The average molecular weight is 183 g/mol. The van der Waals surface area contributed by atoms with E-state index in [9.17, 15) is 13.2 Å². The molecule has 12 heavy (non-hydrogen) atoms. The van der Waals surface area contributed by atoms with Crippen LogP contribution in [0.3, 0.4) is 0 Å². The number of benzene rings is 1. The van der Waals surface area contributed by atoms with Crippen LogP contribution in [0, 0.1) is 0 Å². The SMILES string of the molecule is O=C1c2ccccc2NS1(=O)=O. The van der Waals surface area contributed by atoms with Gasteiger partial charge in [-0.25, -0.2) is 0 Å². The third kappa shape index (κ3) is 0.831. The lowest BCUT2D eigenvalue weighted by atomic mass is 10.2. The lowest BCUT2D eigenvalue weighted by Gasteiger charge is -1.91. The summed E-state index contributed by atoms with van der Waals surface area (Å²) >= 11 is 0. The maximum absolute atomic E-state index is 11.1. The molecule has 4 nitrogen and oxygen atoms in total. The molecule has 0 atom stereocenters. The first kappa shape index (κ1) is 7.30. The Hall–Kier alpha value is -1.36. The number of hydrogen-bond acceptors (Lipinski definition) is 3. The van der Waals surface area contributed by atoms with Crippen LogP contribution in [0.1, 0.15) is 10.4 Å².